The number of carbonyl (C=O) groups is 1. The van der Waals surface area contributed by atoms with Crippen LogP contribution in [0.4, 0.5) is 0 Å². The normalized spacial score (nSPS) is 14.4. The number of methoxy groups -OCH3 is 1. The molecule has 0 aliphatic heterocycles. The lowest BCUT2D eigenvalue weighted by atomic mass is 9.77. The highest BCUT2D eigenvalue weighted by Gasteiger charge is 2.31. The minimum atomic E-state index is -0.425. The van der Waals surface area contributed by atoms with E-state index in [-0.39, 0.29) is 12.0 Å². The number of hydrogen-bond donors (Lipinski definition) is 0. The summed E-state index contributed by atoms with van der Waals surface area (Å²) in [5.41, 5.74) is 2.13. The summed E-state index contributed by atoms with van der Waals surface area (Å²) in [4.78, 5) is 16.2. The highest BCUT2D eigenvalue weighted by molar-refractivity contribution is 14.1. The summed E-state index contributed by atoms with van der Waals surface area (Å²) in [6.07, 6.45) is 1.87. The summed E-state index contributed by atoms with van der Waals surface area (Å²) < 4.78 is 5.47. The van der Waals surface area contributed by atoms with E-state index in [1.807, 2.05) is 25.1 Å². The molecule has 0 heterocycles. The molecule has 4 nitrogen and oxygen atoms in total. The molecular weight excluding hydrogens is 381 g/mol. The standard InChI is InChI=1S/C16H22INO3/c1-4-16(12-17,10-14-8-6-5-7-9-14)13(2)18-21-11-15(19)20-3/h5-9H,4,10-12H2,1-3H3. The lowest BCUT2D eigenvalue weighted by molar-refractivity contribution is -0.145. The zero-order chi connectivity index (χ0) is 15.7. The zero-order valence-corrected chi connectivity index (χ0v) is 14.9. The Morgan fingerprint density at radius 1 is 1.33 bits per heavy atom. The summed E-state index contributed by atoms with van der Waals surface area (Å²) >= 11 is 2.39. The first-order chi connectivity index (χ1) is 10.1. The molecule has 0 amide bonds. The van der Waals surface area contributed by atoms with Gasteiger partial charge in [-0.25, -0.2) is 4.79 Å². The summed E-state index contributed by atoms with van der Waals surface area (Å²) in [5.74, 6) is -0.425. The van der Waals surface area contributed by atoms with Crippen molar-refractivity contribution < 1.29 is 14.4 Å². The van der Waals surface area contributed by atoms with Crippen LogP contribution in [0.15, 0.2) is 35.5 Å². The lowest BCUT2D eigenvalue weighted by Crippen LogP contribution is -2.33. The molecule has 116 valence electrons. The molecule has 21 heavy (non-hydrogen) atoms. The highest BCUT2D eigenvalue weighted by Crippen LogP contribution is 2.31. The number of oxime groups is 1. The minimum Gasteiger partial charge on any atom is -0.466 e. The number of halogens is 1. The van der Waals surface area contributed by atoms with Gasteiger partial charge in [0.15, 0.2) is 0 Å². The first-order valence-corrected chi connectivity index (χ1v) is 8.44. The SMILES string of the molecule is CCC(CI)(Cc1ccccc1)C(C)=NOCC(=O)OC. The van der Waals surface area contributed by atoms with Gasteiger partial charge in [-0.05, 0) is 25.3 Å². The molecule has 0 spiro atoms. The van der Waals surface area contributed by atoms with Crippen LogP contribution < -0.4 is 0 Å². The monoisotopic (exact) mass is 403 g/mol. The quantitative estimate of drug-likeness (QED) is 0.219. The number of hydrogen-bond acceptors (Lipinski definition) is 4. The van der Waals surface area contributed by atoms with Crippen molar-refractivity contribution in [1.82, 2.24) is 0 Å². The van der Waals surface area contributed by atoms with Crippen LogP contribution in [0.5, 0.6) is 0 Å². The Kier molecular flexibility index (Phi) is 7.71. The van der Waals surface area contributed by atoms with Crippen molar-refractivity contribution in [2.24, 2.45) is 10.6 Å². The van der Waals surface area contributed by atoms with Gasteiger partial charge in [0.2, 0.25) is 6.61 Å². The lowest BCUT2D eigenvalue weighted by Gasteiger charge is -2.30. The van der Waals surface area contributed by atoms with E-state index in [0.717, 1.165) is 23.0 Å². The maximum Gasteiger partial charge on any atom is 0.346 e. The van der Waals surface area contributed by atoms with Gasteiger partial charge in [-0.1, -0.05) is 65.0 Å². The van der Waals surface area contributed by atoms with E-state index in [1.165, 1.54) is 12.7 Å². The van der Waals surface area contributed by atoms with E-state index in [1.54, 1.807) is 0 Å². The smallest absolute Gasteiger partial charge is 0.346 e. The molecule has 0 bridgehead atoms. The molecule has 1 aromatic rings. The van der Waals surface area contributed by atoms with Gasteiger partial charge in [0.05, 0.1) is 12.8 Å². The van der Waals surface area contributed by atoms with Crippen LogP contribution in [0.25, 0.3) is 0 Å². The second kappa shape index (κ2) is 9.02. The van der Waals surface area contributed by atoms with Crippen LogP contribution in [-0.4, -0.2) is 29.8 Å². The summed E-state index contributed by atoms with van der Waals surface area (Å²) in [6.45, 7) is 3.96. The molecule has 1 rings (SSSR count). The molecule has 0 fully saturated rings. The summed E-state index contributed by atoms with van der Waals surface area (Å²) in [7, 11) is 1.33. The third-order valence-electron chi connectivity index (χ3n) is 3.70. The topological polar surface area (TPSA) is 47.9 Å². The molecular formula is C16H22INO3. The van der Waals surface area contributed by atoms with E-state index in [0.29, 0.717) is 0 Å². The Labute approximate surface area is 140 Å². The van der Waals surface area contributed by atoms with Crippen molar-refractivity contribution in [3.05, 3.63) is 35.9 Å². The predicted octanol–water partition coefficient (Wildman–Crippen LogP) is 3.63. The van der Waals surface area contributed by atoms with Gasteiger partial charge in [0, 0.05) is 9.84 Å². The van der Waals surface area contributed by atoms with Gasteiger partial charge < -0.3 is 9.57 Å². The first kappa shape index (κ1) is 17.9. The fourth-order valence-electron chi connectivity index (χ4n) is 2.07. The highest BCUT2D eigenvalue weighted by atomic mass is 127. The molecule has 1 unspecified atom stereocenters. The Balaban J connectivity index is 2.83. The number of nitrogens with zero attached hydrogens (tertiary/aromatic N) is 1. The molecule has 1 atom stereocenters. The number of esters is 1. The van der Waals surface area contributed by atoms with Crippen molar-refractivity contribution in [1.29, 1.82) is 0 Å². The number of benzene rings is 1. The largest absolute Gasteiger partial charge is 0.466 e. The maximum atomic E-state index is 11.1. The Morgan fingerprint density at radius 2 is 2.00 bits per heavy atom. The van der Waals surface area contributed by atoms with Gasteiger partial charge >= 0.3 is 5.97 Å². The molecule has 0 N–H and O–H groups in total. The average molecular weight is 403 g/mol. The predicted molar refractivity (Wildman–Crippen MR) is 92.8 cm³/mol. The first-order valence-electron chi connectivity index (χ1n) is 6.91. The number of alkyl halides is 1. The molecule has 1 aromatic carbocycles. The van der Waals surface area contributed by atoms with Crippen molar-refractivity contribution >= 4 is 34.3 Å². The van der Waals surface area contributed by atoms with E-state index in [4.69, 9.17) is 4.84 Å². The van der Waals surface area contributed by atoms with Crippen LogP contribution in [0.2, 0.25) is 0 Å². The fraction of sp³-hybridized carbons (Fsp3) is 0.500. The molecule has 5 heteroatoms. The Morgan fingerprint density at radius 3 is 2.52 bits per heavy atom. The van der Waals surface area contributed by atoms with E-state index < -0.39 is 5.97 Å². The molecule has 0 aromatic heterocycles. The summed E-state index contributed by atoms with van der Waals surface area (Å²) in [5, 5.41) is 4.13. The number of ether oxygens (including phenoxy) is 1. The van der Waals surface area contributed by atoms with E-state index >= 15 is 0 Å². The molecule has 0 radical (unpaired) electrons. The average Bonchev–Trinajstić information content (AvgIpc) is 2.53. The molecule has 0 saturated heterocycles. The third kappa shape index (κ3) is 5.30. The van der Waals surface area contributed by atoms with Crippen LogP contribution in [-0.2, 0) is 20.8 Å². The third-order valence-corrected chi connectivity index (χ3v) is 5.16. The van der Waals surface area contributed by atoms with Gasteiger partial charge in [0.25, 0.3) is 0 Å². The Hall–Kier alpha value is -1.11. The zero-order valence-electron chi connectivity index (χ0n) is 12.8. The molecule has 0 saturated carbocycles. The van der Waals surface area contributed by atoms with Crippen LogP contribution in [0.3, 0.4) is 0 Å². The van der Waals surface area contributed by atoms with Crippen molar-refractivity contribution in [3.63, 3.8) is 0 Å². The van der Waals surface area contributed by atoms with Crippen LogP contribution >= 0.6 is 22.6 Å². The fourth-order valence-corrected chi connectivity index (χ4v) is 3.43. The van der Waals surface area contributed by atoms with Crippen molar-refractivity contribution in [2.45, 2.75) is 26.7 Å². The van der Waals surface area contributed by atoms with Crippen molar-refractivity contribution in [3.8, 4) is 0 Å². The number of rotatable bonds is 8. The van der Waals surface area contributed by atoms with E-state index in [2.05, 4.69) is 51.5 Å². The molecule has 0 aliphatic carbocycles. The van der Waals surface area contributed by atoms with Gasteiger partial charge in [-0.15, -0.1) is 0 Å². The van der Waals surface area contributed by atoms with Crippen molar-refractivity contribution in [2.75, 3.05) is 18.1 Å². The summed E-state index contributed by atoms with van der Waals surface area (Å²) in [6, 6.07) is 10.4. The van der Waals surface area contributed by atoms with Crippen LogP contribution in [0, 0.1) is 5.41 Å². The van der Waals surface area contributed by atoms with Gasteiger partial charge in [-0.2, -0.15) is 0 Å². The molecule has 0 aliphatic rings. The number of carbonyl (C=O) groups excluding carboxylic acids is 1. The van der Waals surface area contributed by atoms with Gasteiger partial charge in [-0.3, -0.25) is 0 Å². The Bertz CT molecular complexity index is 470. The minimum absolute atomic E-state index is 0.0575. The second-order valence-corrected chi connectivity index (χ2v) is 5.72. The van der Waals surface area contributed by atoms with Gasteiger partial charge in [0.1, 0.15) is 0 Å². The van der Waals surface area contributed by atoms with Crippen LogP contribution in [0.1, 0.15) is 25.8 Å². The second-order valence-electron chi connectivity index (χ2n) is 4.96. The maximum absolute atomic E-state index is 11.1. The van der Waals surface area contributed by atoms with E-state index in [9.17, 15) is 4.79 Å².